The van der Waals surface area contributed by atoms with Crippen LogP contribution in [0, 0.1) is 27.7 Å². The summed E-state index contributed by atoms with van der Waals surface area (Å²) >= 11 is 0. The van der Waals surface area contributed by atoms with Crippen LogP contribution in [0.2, 0.25) is 0 Å². The molecule has 3 aromatic rings. The Morgan fingerprint density at radius 2 is 1.88 bits per heavy atom. The largest absolute Gasteiger partial charge is 0.478 e. The van der Waals surface area contributed by atoms with Gasteiger partial charge in [-0.3, -0.25) is 0 Å². The summed E-state index contributed by atoms with van der Waals surface area (Å²) in [7, 11) is 0. The first-order valence-corrected chi connectivity index (χ1v) is 7.90. The van der Waals surface area contributed by atoms with Gasteiger partial charge in [-0.15, -0.1) is 0 Å². The number of nitrogens with zero attached hydrogens (tertiary/aromatic N) is 2. The Bertz CT molecular complexity index is 921. The summed E-state index contributed by atoms with van der Waals surface area (Å²) in [6.07, 6.45) is 1.62. The van der Waals surface area contributed by atoms with Gasteiger partial charge in [0, 0.05) is 18.4 Å². The third-order valence-corrected chi connectivity index (χ3v) is 4.54. The second-order valence-electron chi connectivity index (χ2n) is 6.15. The molecule has 0 amide bonds. The second-order valence-corrected chi connectivity index (χ2v) is 6.15. The van der Waals surface area contributed by atoms with E-state index < -0.39 is 5.97 Å². The predicted octanol–water partition coefficient (Wildman–Crippen LogP) is 3.88. The maximum absolute atomic E-state index is 11.4. The Morgan fingerprint density at radius 3 is 2.50 bits per heavy atom. The number of aryl methyl sites for hydroxylation is 4. The van der Waals surface area contributed by atoms with Crippen molar-refractivity contribution in [3.63, 3.8) is 0 Å². The summed E-state index contributed by atoms with van der Waals surface area (Å²) in [5.74, 6) is -0.947. The van der Waals surface area contributed by atoms with E-state index in [9.17, 15) is 9.90 Å². The highest BCUT2D eigenvalue weighted by Crippen LogP contribution is 2.23. The standard InChI is InChI=1S/C19H21N3O2/c1-11-6-5-7-12(2)16(11)9-20-17-8-15(19(23)24)10-22-14(4)13(3)21-18(17)22/h5-8,10,20H,9H2,1-4H3,(H,23,24). The van der Waals surface area contributed by atoms with Crippen molar-refractivity contribution in [3.05, 3.63) is 64.1 Å². The number of nitrogens with one attached hydrogen (secondary N) is 1. The zero-order valence-electron chi connectivity index (χ0n) is 14.3. The molecule has 124 valence electrons. The van der Waals surface area contributed by atoms with Gasteiger partial charge >= 0.3 is 5.97 Å². The Labute approximate surface area is 141 Å². The number of rotatable bonds is 4. The van der Waals surface area contributed by atoms with E-state index in [4.69, 9.17) is 0 Å². The van der Waals surface area contributed by atoms with Crippen LogP contribution in [0.4, 0.5) is 5.69 Å². The molecule has 0 aliphatic rings. The lowest BCUT2D eigenvalue weighted by atomic mass is 10.0. The summed E-state index contributed by atoms with van der Waals surface area (Å²) in [5.41, 5.74) is 7.21. The molecule has 0 fully saturated rings. The van der Waals surface area contributed by atoms with Crippen molar-refractivity contribution >= 4 is 17.3 Å². The number of aromatic carboxylic acids is 1. The lowest BCUT2D eigenvalue weighted by Gasteiger charge is -2.13. The minimum Gasteiger partial charge on any atom is -0.478 e. The molecule has 0 bridgehead atoms. The number of pyridine rings is 1. The molecule has 0 aliphatic carbocycles. The molecular weight excluding hydrogens is 302 g/mol. The van der Waals surface area contributed by atoms with Crippen LogP contribution in [0.1, 0.15) is 38.4 Å². The summed E-state index contributed by atoms with van der Waals surface area (Å²) < 4.78 is 1.84. The number of hydrogen-bond donors (Lipinski definition) is 2. The van der Waals surface area contributed by atoms with Crippen molar-refractivity contribution in [1.29, 1.82) is 0 Å². The van der Waals surface area contributed by atoms with Gasteiger partial charge in [0.1, 0.15) is 0 Å². The van der Waals surface area contributed by atoms with Crippen molar-refractivity contribution in [3.8, 4) is 0 Å². The number of benzene rings is 1. The van der Waals surface area contributed by atoms with Gasteiger partial charge in [0.15, 0.2) is 5.65 Å². The quantitative estimate of drug-likeness (QED) is 0.764. The van der Waals surface area contributed by atoms with Gasteiger partial charge in [0.05, 0.1) is 16.9 Å². The highest BCUT2D eigenvalue weighted by atomic mass is 16.4. The van der Waals surface area contributed by atoms with Crippen LogP contribution in [0.5, 0.6) is 0 Å². The van der Waals surface area contributed by atoms with Gasteiger partial charge < -0.3 is 14.8 Å². The molecule has 0 unspecified atom stereocenters. The van der Waals surface area contributed by atoms with E-state index in [2.05, 4.69) is 36.3 Å². The second kappa shape index (κ2) is 6.00. The molecule has 5 heteroatoms. The van der Waals surface area contributed by atoms with Crippen LogP contribution in [0.25, 0.3) is 5.65 Å². The highest BCUT2D eigenvalue weighted by Gasteiger charge is 2.14. The molecule has 3 rings (SSSR count). The van der Waals surface area contributed by atoms with Crippen molar-refractivity contribution < 1.29 is 9.90 Å². The van der Waals surface area contributed by atoms with E-state index in [1.54, 1.807) is 12.3 Å². The molecule has 0 saturated carbocycles. The van der Waals surface area contributed by atoms with Crippen LogP contribution >= 0.6 is 0 Å². The molecule has 0 atom stereocenters. The molecule has 2 aromatic heterocycles. The fraction of sp³-hybridized carbons (Fsp3) is 0.263. The van der Waals surface area contributed by atoms with E-state index >= 15 is 0 Å². The molecule has 1 aromatic carbocycles. The van der Waals surface area contributed by atoms with E-state index in [1.807, 2.05) is 24.3 Å². The number of imidazole rings is 1. The summed E-state index contributed by atoms with van der Waals surface area (Å²) in [6.45, 7) is 8.66. The number of aromatic nitrogens is 2. The molecule has 0 aliphatic heterocycles. The highest BCUT2D eigenvalue weighted by molar-refractivity contribution is 5.90. The van der Waals surface area contributed by atoms with Gasteiger partial charge in [-0.1, -0.05) is 18.2 Å². The first kappa shape index (κ1) is 16.1. The van der Waals surface area contributed by atoms with E-state index in [0.29, 0.717) is 6.54 Å². The first-order chi connectivity index (χ1) is 11.4. The molecule has 0 spiro atoms. The van der Waals surface area contributed by atoms with Crippen LogP contribution < -0.4 is 5.32 Å². The molecular formula is C19H21N3O2. The fourth-order valence-corrected chi connectivity index (χ4v) is 2.93. The fourth-order valence-electron chi connectivity index (χ4n) is 2.93. The van der Waals surface area contributed by atoms with Crippen molar-refractivity contribution in [2.45, 2.75) is 34.2 Å². The third kappa shape index (κ3) is 2.73. The van der Waals surface area contributed by atoms with Crippen molar-refractivity contribution in [1.82, 2.24) is 9.38 Å². The van der Waals surface area contributed by atoms with Crippen molar-refractivity contribution in [2.75, 3.05) is 5.32 Å². The van der Waals surface area contributed by atoms with Crippen LogP contribution in [-0.2, 0) is 6.54 Å². The molecule has 5 nitrogen and oxygen atoms in total. The Kier molecular flexibility index (Phi) is 4.01. The summed E-state index contributed by atoms with van der Waals surface area (Å²) in [6, 6.07) is 7.85. The normalized spacial score (nSPS) is 11.0. The topological polar surface area (TPSA) is 66.6 Å². The average Bonchev–Trinajstić information content (AvgIpc) is 2.82. The third-order valence-electron chi connectivity index (χ3n) is 4.54. The van der Waals surface area contributed by atoms with Gasteiger partial charge in [-0.25, -0.2) is 9.78 Å². The summed E-state index contributed by atoms with van der Waals surface area (Å²) in [4.78, 5) is 16.0. The maximum Gasteiger partial charge on any atom is 0.337 e. The van der Waals surface area contributed by atoms with Gasteiger partial charge in [-0.05, 0) is 50.5 Å². The molecule has 2 heterocycles. The zero-order valence-corrected chi connectivity index (χ0v) is 14.3. The molecule has 24 heavy (non-hydrogen) atoms. The van der Waals surface area contributed by atoms with Crippen LogP contribution in [0.3, 0.4) is 0 Å². The number of anilines is 1. The van der Waals surface area contributed by atoms with Gasteiger partial charge in [0.2, 0.25) is 0 Å². The number of carbonyl (C=O) groups is 1. The first-order valence-electron chi connectivity index (χ1n) is 7.90. The molecule has 0 radical (unpaired) electrons. The van der Waals surface area contributed by atoms with Crippen LogP contribution in [-0.4, -0.2) is 20.5 Å². The Morgan fingerprint density at radius 1 is 1.21 bits per heavy atom. The molecule has 2 N–H and O–H groups in total. The number of carboxylic acids is 1. The molecule has 0 saturated heterocycles. The maximum atomic E-state index is 11.4. The SMILES string of the molecule is Cc1cccc(C)c1CNc1cc(C(=O)O)cn2c(C)c(C)nc12. The lowest BCUT2D eigenvalue weighted by Crippen LogP contribution is -2.07. The monoisotopic (exact) mass is 323 g/mol. The smallest absolute Gasteiger partial charge is 0.337 e. The Hall–Kier alpha value is -2.82. The minimum absolute atomic E-state index is 0.243. The Balaban J connectivity index is 2.05. The number of fused-ring (bicyclic) bond motifs is 1. The zero-order chi connectivity index (χ0) is 17.4. The number of carboxylic acid groups (broad SMARTS) is 1. The van der Waals surface area contributed by atoms with E-state index in [-0.39, 0.29) is 5.56 Å². The average molecular weight is 323 g/mol. The van der Waals surface area contributed by atoms with E-state index in [0.717, 1.165) is 22.7 Å². The lowest BCUT2D eigenvalue weighted by molar-refractivity contribution is 0.0696. The van der Waals surface area contributed by atoms with Gasteiger partial charge in [-0.2, -0.15) is 0 Å². The minimum atomic E-state index is -0.947. The summed E-state index contributed by atoms with van der Waals surface area (Å²) in [5, 5.41) is 12.8. The number of hydrogen-bond acceptors (Lipinski definition) is 3. The van der Waals surface area contributed by atoms with Gasteiger partial charge in [0.25, 0.3) is 0 Å². The predicted molar refractivity (Wildman–Crippen MR) is 94.9 cm³/mol. The van der Waals surface area contributed by atoms with E-state index in [1.165, 1.54) is 16.7 Å². The van der Waals surface area contributed by atoms with Crippen molar-refractivity contribution in [2.24, 2.45) is 0 Å². The van der Waals surface area contributed by atoms with Crippen LogP contribution in [0.15, 0.2) is 30.5 Å².